The van der Waals surface area contributed by atoms with Crippen molar-refractivity contribution in [3.63, 3.8) is 0 Å². The van der Waals surface area contributed by atoms with Gasteiger partial charge in [0.15, 0.2) is 5.78 Å². The third-order valence-electron chi connectivity index (χ3n) is 2.19. The Balaban J connectivity index is 2.50. The molecule has 11 heavy (non-hydrogen) atoms. The van der Waals surface area contributed by atoms with Crippen molar-refractivity contribution in [2.75, 3.05) is 0 Å². The molecular formula is C9H8O2. The number of fused-ring (bicyclic) bond motifs is 2. The minimum atomic E-state index is -0.472. The van der Waals surface area contributed by atoms with Gasteiger partial charge in [-0.3, -0.25) is 4.79 Å². The van der Waals surface area contributed by atoms with E-state index in [1.807, 2.05) is 0 Å². The SMILES string of the molecule is C=C1C(=C)[C@H]2O[C@@H]1C(=C)C2=O. The lowest BCUT2D eigenvalue weighted by atomic mass is 9.88. The van der Waals surface area contributed by atoms with E-state index >= 15 is 0 Å². The zero-order valence-corrected chi connectivity index (χ0v) is 6.09. The van der Waals surface area contributed by atoms with Crippen LogP contribution in [-0.2, 0) is 9.53 Å². The molecule has 0 unspecified atom stereocenters. The predicted molar refractivity (Wildman–Crippen MR) is 41.1 cm³/mol. The van der Waals surface area contributed by atoms with E-state index in [1.54, 1.807) is 0 Å². The molecule has 2 bridgehead atoms. The van der Waals surface area contributed by atoms with Gasteiger partial charge < -0.3 is 4.74 Å². The van der Waals surface area contributed by atoms with Crippen molar-refractivity contribution >= 4 is 5.78 Å². The number of Topliss-reactive ketones (excluding diaryl/α,β-unsaturated/α-hetero) is 1. The van der Waals surface area contributed by atoms with E-state index < -0.39 is 6.10 Å². The molecule has 0 aromatic heterocycles. The molecule has 0 aromatic carbocycles. The molecule has 2 heteroatoms. The van der Waals surface area contributed by atoms with Crippen molar-refractivity contribution in [2.24, 2.45) is 0 Å². The van der Waals surface area contributed by atoms with Crippen LogP contribution in [0.3, 0.4) is 0 Å². The highest BCUT2D eigenvalue weighted by Crippen LogP contribution is 2.40. The van der Waals surface area contributed by atoms with Gasteiger partial charge in [0.1, 0.15) is 12.2 Å². The van der Waals surface area contributed by atoms with Crippen LogP contribution < -0.4 is 0 Å². The van der Waals surface area contributed by atoms with Gasteiger partial charge in [-0.15, -0.1) is 0 Å². The summed E-state index contributed by atoms with van der Waals surface area (Å²) in [6.07, 6.45) is -0.750. The predicted octanol–water partition coefficient (Wildman–Crippen LogP) is 1.01. The third kappa shape index (κ3) is 0.576. The van der Waals surface area contributed by atoms with Gasteiger partial charge in [-0.05, 0) is 11.1 Å². The van der Waals surface area contributed by atoms with Gasteiger partial charge in [0.05, 0.1) is 0 Å². The maximum atomic E-state index is 11.2. The number of hydrogen-bond acceptors (Lipinski definition) is 2. The highest BCUT2D eigenvalue weighted by molar-refractivity contribution is 6.06. The van der Waals surface area contributed by atoms with Crippen LogP contribution >= 0.6 is 0 Å². The van der Waals surface area contributed by atoms with Crippen LogP contribution in [0.5, 0.6) is 0 Å². The van der Waals surface area contributed by atoms with Crippen molar-refractivity contribution in [1.82, 2.24) is 0 Å². The molecule has 2 aliphatic rings. The molecule has 2 fully saturated rings. The van der Waals surface area contributed by atoms with Crippen molar-refractivity contribution < 1.29 is 9.53 Å². The largest absolute Gasteiger partial charge is 0.353 e. The molecule has 56 valence electrons. The minimum absolute atomic E-state index is 0.0348. The molecule has 0 amide bonds. The van der Waals surface area contributed by atoms with Crippen molar-refractivity contribution in [2.45, 2.75) is 12.2 Å². The standard InChI is InChI=1S/C9H8O2/c1-4-5(2)9-7(10)6(3)8(4)11-9/h8-9H,1-3H2/t8-,9+/m0/s1. The Labute approximate surface area is 64.9 Å². The maximum absolute atomic E-state index is 11.2. The highest BCUT2D eigenvalue weighted by Gasteiger charge is 2.47. The smallest absolute Gasteiger partial charge is 0.194 e. The minimum Gasteiger partial charge on any atom is -0.353 e. The van der Waals surface area contributed by atoms with E-state index in [4.69, 9.17) is 4.74 Å². The van der Waals surface area contributed by atoms with Crippen molar-refractivity contribution in [3.05, 3.63) is 36.5 Å². The first-order chi connectivity index (χ1) is 5.13. The Morgan fingerprint density at radius 2 is 1.55 bits per heavy atom. The van der Waals surface area contributed by atoms with E-state index in [2.05, 4.69) is 19.7 Å². The van der Waals surface area contributed by atoms with Gasteiger partial charge >= 0.3 is 0 Å². The molecule has 0 saturated carbocycles. The number of hydrogen-bond donors (Lipinski definition) is 0. The normalized spacial score (nSPS) is 35.6. The van der Waals surface area contributed by atoms with E-state index in [-0.39, 0.29) is 11.9 Å². The summed E-state index contributed by atoms with van der Waals surface area (Å²) < 4.78 is 5.27. The summed E-state index contributed by atoms with van der Waals surface area (Å²) in [5.74, 6) is -0.0348. The zero-order valence-electron chi connectivity index (χ0n) is 6.09. The topological polar surface area (TPSA) is 26.3 Å². The molecule has 0 spiro atoms. The second-order valence-electron chi connectivity index (χ2n) is 2.84. The van der Waals surface area contributed by atoms with E-state index in [9.17, 15) is 4.79 Å². The highest BCUT2D eigenvalue weighted by atomic mass is 16.5. The van der Waals surface area contributed by atoms with Crippen LogP contribution in [0, 0.1) is 0 Å². The van der Waals surface area contributed by atoms with Crippen molar-refractivity contribution in [1.29, 1.82) is 0 Å². The summed E-state index contributed by atoms with van der Waals surface area (Å²) in [6, 6.07) is 0. The van der Waals surface area contributed by atoms with Crippen LogP contribution in [0.25, 0.3) is 0 Å². The molecule has 2 aliphatic heterocycles. The lowest BCUT2D eigenvalue weighted by Gasteiger charge is -2.11. The zero-order chi connectivity index (χ0) is 8.17. The molecule has 0 N–H and O–H groups in total. The van der Waals surface area contributed by atoms with Crippen molar-refractivity contribution in [3.8, 4) is 0 Å². The molecule has 0 radical (unpaired) electrons. The fourth-order valence-electron chi connectivity index (χ4n) is 1.45. The molecule has 2 saturated heterocycles. The summed E-state index contributed by atoms with van der Waals surface area (Å²) >= 11 is 0. The van der Waals surface area contributed by atoms with Gasteiger partial charge in [0.2, 0.25) is 0 Å². The van der Waals surface area contributed by atoms with Crippen LogP contribution in [0.4, 0.5) is 0 Å². The lowest BCUT2D eigenvalue weighted by molar-refractivity contribution is -0.118. The average molecular weight is 148 g/mol. The Morgan fingerprint density at radius 3 is 2.00 bits per heavy atom. The fraction of sp³-hybridized carbons (Fsp3) is 0.222. The quantitative estimate of drug-likeness (QED) is 0.479. The first kappa shape index (κ1) is 6.55. The van der Waals surface area contributed by atoms with E-state index in [0.29, 0.717) is 11.1 Å². The summed E-state index contributed by atoms with van der Waals surface area (Å²) in [7, 11) is 0. The molecule has 2 rings (SSSR count). The number of carbonyl (C=O) groups excluding carboxylic acids is 1. The Hall–Kier alpha value is -1.15. The Bertz CT molecular complexity index is 241. The Kier molecular flexibility index (Phi) is 1.02. The number of ether oxygens (including phenoxy) is 1. The van der Waals surface area contributed by atoms with Crippen LogP contribution in [0.15, 0.2) is 36.5 Å². The summed E-state index contributed by atoms with van der Waals surface area (Å²) in [5.41, 5.74) is 2.04. The number of rotatable bonds is 0. The summed E-state index contributed by atoms with van der Waals surface area (Å²) in [4.78, 5) is 11.2. The van der Waals surface area contributed by atoms with E-state index in [0.717, 1.165) is 5.57 Å². The number of carbonyl (C=O) groups is 1. The molecule has 2 nitrogen and oxygen atoms in total. The first-order valence-electron chi connectivity index (χ1n) is 3.39. The molecule has 0 aliphatic carbocycles. The van der Waals surface area contributed by atoms with Gasteiger partial charge in [0, 0.05) is 5.57 Å². The van der Waals surface area contributed by atoms with Crippen LogP contribution in [0.1, 0.15) is 0 Å². The van der Waals surface area contributed by atoms with Gasteiger partial charge in [-0.25, -0.2) is 0 Å². The monoisotopic (exact) mass is 148 g/mol. The van der Waals surface area contributed by atoms with Gasteiger partial charge in [-0.1, -0.05) is 19.7 Å². The second kappa shape index (κ2) is 1.71. The Morgan fingerprint density at radius 1 is 1.00 bits per heavy atom. The molecule has 2 heterocycles. The summed E-state index contributed by atoms with van der Waals surface area (Å²) in [6.45, 7) is 11.1. The van der Waals surface area contributed by atoms with Crippen LogP contribution in [-0.4, -0.2) is 18.0 Å². The average Bonchev–Trinajstić information content (AvgIpc) is 2.40. The first-order valence-corrected chi connectivity index (χ1v) is 3.39. The molecular weight excluding hydrogens is 140 g/mol. The third-order valence-corrected chi connectivity index (χ3v) is 2.19. The van der Waals surface area contributed by atoms with Gasteiger partial charge in [0.25, 0.3) is 0 Å². The number of ketones is 1. The molecule has 0 aromatic rings. The van der Waals surface area contributed by atoms with E-state index in [1.165, 1.54) is 0 Å². The van der Waals surface area contributed by atoms with Crippen LogP contribution in [0.2, 0.25) is 0 Å². The molecule has 2 atom stereocenters. The fourth-order valence-corrected chi connectivity index (χ4v) is 1.45. The maximum Gasteiger partial charge on any atom is 0.194 e. The lowest BCUT2D eigenvalue weighted by Crippen LogP contribution is -2.21. The van der Waals surface area contributed by atoms with Gasteiger partial charge in [-0.2, -0.15) is 0 Å². The second-order valence-corrected chi connectivity index (χ2v) is 2.84. The summed E-state index contributed by atoms with van der Waals surface area (Å²) in [5, 5.41) is 0.